The third-order valence-electron chi connectivity index (χ3n) is 5.01. The van der Waals surface area contributed by atoms with Crippen LogP contribution in [0.4, 0.5) is 5.69 Å². The molecule has 0 unspecified atom stereocenters. The topological polar surface area (TPSA) is 92.9 Å². The molecule has 1 aliphatic rings. The number of nitrogens with zero attached hydrogens (tertiary/aromatic N) is 2. The van der Waals surface area contributed by atoms with Crippen LogP contribution in [0.2, 0.25) is 0 Å². The maximum atomic E-state index is 13.0. The molecule has 1 aliphatic heterocycles. The molecule has 0 aromatic heterocycles. The zero-order valence-corrected chi connectivity index (χ0v) is 16.8. The zero-order chi connectivity index (χ0) is 19.5. The van der Waals surface area contributed by atoms with Gasteiger partial charge in [0.1, 0.15) is 5.75 Å². The van der Waals surface area contributed by atoms with Gasteiger partial charge in [-0.2, -0.15) is 0 Å². The number of anilines is 1. The SMILES string of the molecule is CCN1CCC[C@H]1CN(C)C(=O)c1cc(S(=O)(=O)CC)c(N)cc1OC. The maximum absolute atomic E-state index is 13.0. The van der Waals surface area contributed by atoms with E-state index in [0.29, 0.717) is 12.6 Å². The van der Waals surface area contributed by atoms with E-state index in [2.05, 4.69) is 11.8 Å². The number of rotatable bonds is 7. The Bertz CT molecular complexity index is 764. The van der Waals surface area contributed by atoms with Gasteiger partial charge in [-0.15, -0.1) is 0 Å². The standard InChI is InChI=1S/C18H29N3O4S/c1-5-21-9-7-8-13(21)12-20(3)18(22)14-10-17(26(23,24)6-2)15(19)11-16(14)25-4/h10-11,13H,5-9,12,19H2,1-4H3/t13-/m0/s1. The predicted octanol–water partition coefficient (Wildman–Crippen LogP) is 1.63. The van der Waals surface area contributed by atoms with Crippen molar-refractivity contribution < 1.29 is 17.9 Å². The second-order valence-corrected chi connectivity index (χ2v) is 8.85. The van der Waals surface area contributed by atoms with Crippen molar-refractivity contribution in [3.8, 4) is 5.75 Å². The molecule has 26 heavy (non-hydrogen) atoms. The van der Waals surface area contributed by atoms with Gasteiger partial charge in [-0.05, 0) is 32.0 Å². The molecule has 0 saturated carbocycles. The summed E-state index contributed by atoms with van der Waals surface area (Å²) < 4.78 is 29.8. The number of carbonyl (C=O) groups is 1. The van der Waals surface area contributed by atoms with Crippen molar-refractivity contribution in [3.63, 3.8) is 0 Å². The smallest absolute Gasteiger partial charge is 0.257 e. The Labute approximate surface area is 156 Å². The minimum atomic E-state index is -3.53. The van der Waals surface area contributed by atoms with E-state index >= 15 is 0 Å². The normalized spacial score (nSPS) is 18.1. The van der Waals surface area contributed by atoms with E-state index in [9.17, 15) is 13.2 Å². The Balaban J connectivity index is 2.33. The third kappa shape index (κ3) is 4.12. The lowest BCUT2D eigenvalue weighted by atomic mass is 10.1. The molecule has 7 nitrogen and oxygen atoms in total. The highest BCUT2D eigenvalue weighted by molar-refractivity contribution is 7.91. The molecule has 1 aromatic rings. The van der Waals surface area contributed by atoms with Crippen molar-refractivity contribution in [3.05, 3.63) is 17.7 Å². The lowest BCUT2D eigenvalue weighted by molar-refractivity contribution is 0.0751. The number of sulfone groups is 1. The number of benzene rings is 1. The van der Waals surface area contributed by atoms with Crippen molar-refractivity contribution in [1.29, 1.82) is 0 Å². The van der Waals surface area contributed by atoms with Gasteiger partial charge in [0.25, 0.3) is 5.91 Å². The van der Waals surface area contributed by atoms with Gasteiger partial charge in [-0.25, -0.2) is 8.42 Å². The molecule has 1 fully saturated rings. The van der Waals surface area contributed by atoms with Gasteiger partial charge >= 0.3 is 0 Å². The van der Waals surface area contributed by atoms with Crippen LogP contribution in [0.3, 0.4) is 0 Å². The molecule has 0 radical (unpaired) electrons. The minimum absolute atomic E-state index is 0.0198. The molecule has 0 bridgehead atoms. The lowest BCUT2D eigenvalue weighted by Gasteiger charge is -2.28. The highest BCUT2D eigenvalue weighted by Gasteiger charge is 2.28. The number of hydrogen-bond acceptors (Lipinski definition) is 6. The quantitative estimate of drug-likeness (QED) is 0.720. The van der Waals surface area contributed by atoms with E-state index in [-0.39, 0.29) is 33.6 Å². The van der Waals surface area contributed by atoms with E-state index in [0.717, 1.165) is 25.9 Å². The molecule has 1 heterocycles. The Morgan fingerprint density at radius 1 is 1.38 bits per heavy atom. The van der Waals surface area contributed by atoms with Gasteiger partial charge in [-0.1, -0.05) is 13.8 Å². The minimum Gasteiger partial charge on any atom is -0.496 e. The number of likely N-dealkylation sites (tertiary alicyclic amines) is 1. The highest BCUT2D eigenvalue weighted by Crippen LogP contribution is 2.30. The highest BCUT2D eigenvalue weighted by atomic mass is 32.2. The molecule has 146 valence electrons. The molecule has 1 atom stereocenters. The summed E-state index contributed by atoms with van der Waals surface area (Å²) in [6, 6.07) is 3.09. The fourth-order valence-electron chi connectivity index (χ4n) is 3.46. The Kier molecular flexibility index (Phi) is 6.52. The first kappa shape index (κ1) is 20.5. The Hall–Kier alpha value is -1.80. The van der Waals surface area contributed by atoms with Crippen molar-refractivity contribution in [2.24, 2.45) is 0 Å². The zero-order valence-electron chi connectivity index (χ0n) is 16.0. The van der Waals surface area contributed by atoms with Crippen LogP contribution in [-0.4, -0.2) is 69.7 Å². The number of nitrogens with two attached hydrogens (primary N) is 1. The van der Waals surface area contributed by atoms with Crippen LogP contribution in [0.15, 0.2) is 17.0 Å². The largest absolute Gasteiger partial charge is 0.496 e. The van der Waals surface area contributed by atoms with Crippen LogP contribution >= 0.6 is 0 Å². The fourth-order valence-corrected chi connectivity index (χ4v) is 4.49. The van der Waals surface area contributed by atoms with Gasteiger partial charge in [0, 0.05) is 25.7 Å². The number of nitrogen functional groups attached to an aromatic ring is 1. The monoisotopic (exact) mass is 383 g/mol. The first-order chi connectivity index (χ1) is 12.2. The summed E-state index contributed by atoms with van der Waals surface area (Å²) in [4.78, 5) is 16.9. The predicted molar refractivity (Wildman–Crippen MR) is 102 cm³/mol. The Morgan fingerprint density at radius 3 is 2.65 bits per heavy atom. The molecule has 1 aromatic carbocycles. The van der Waals surface area contributed by atoms with E-state index < -0.39 is 9.84 Å². The maximum Gasteiger partial charge on any atom is 0.257 e. The van der Waals surface area contributed by atoms with Gasteiger partial charge in [0.15, 0.2) is 9.84 Å². The van der Waals surface area contributed by atoms with E-state index in [1.807, 2.05) is 0 Å². The van der Waals surface area contributed by atoms with Crippen LogP contribution in [0.25, 0.3) is 0 Å². The van der Waals surface area contributed by atoms with E-state index in [1.165, 1.54) is 19.2 Å². The van der Waals surface area contributed by atoms with E-state index in [4.69, 9.17) is 10.5 Å². The lowest BCUT2D eigenvalue weighted by Crippen LogP contribution is -2.41. The van der Waals surface area contributed by atoms with Crippen LogP contribution in [-0.2, 0) is 9.84 Å². The molecule has 0 spiro atoms. The second-order valence-electron chi connectivity index (χ2n) is 6.60. The summed E-state index contributed by atoms with van der Waals surface area (Å²) >= 11 is 0. The number of amides is 1. The molecular formula is C18H29N3O4S. The van der Waals surface area contributed by atoms with Crippen molar-refractivity contribution >= 4 is 21.4 Å². The number of likely N-dealkylation sites (N-methyl/N-ethyl adjacent to an activating group) is 2. The van der Waals surface area contributed by atoms with Crippen LogP contribution < -0.4 is 10.5 Å². The summed E-state index contributed by atoms with van der Waals surface area (Å²) in [7, 11) is -0.356. The molecule has 2 rings (SSSR count). The molecule has 8 heteroatoms. The molecule has 2 N–H and O–H groups in total. The first-order valence-corrected chi connectivity index (χ1v) is 10.6. The molecular weight excluding hydrogens is 354 g/mol. The molecule has 1 amide bonds. The van der Waals surface area contributed by atoms with Gasteiger partial charge in [0.05, 0.1) is 29.0 Å². The van der Waals surface area contributed by atoms with Crippen LogP contribution in [0.1, 0.15) is 37.0 Å². The van der Waals surface area contributed by atoms with Crippen molar-refractivity contribution in [1.82, 2.24) is 9.80 Å². The van der Waals surface area contributed by atoms with Crippen LogP contribution in [0, 0.1) is 0 Å². The van der Waals surface area contributed by atoms with Gasteiger partial charge in [-0.3, -0.25) is 9.69 Å². The number of hydrogen-bond donors (Lipinski definition) is 1. The van der Waals surface area contributed by atoms with Gasteiger partial charge in [0.2, 0.25) is 0 Å². The first-order valence-electron chi connectivity index (χ1n) is 8.94. The molecule has 1 saturated heterocycles. The Morgan fingerprint density at radius 2 is 2.08 bits per heavy atom. The van der Waals surface area contributed by atoms with Crippen LogP contribution in [0.5, 0.6) is 5.75 Å². The average Bonchev–Trinajstić information content (AvgIpc) is 3.07. The van der Waals surface area contributed by atoms with Gasteiger partial charge < -0.3 is 15.4 Å². The summed E-state index contributed by atoms with van der Waals surface area (Å²) in [6.07, 6.45) is 2.18. The van der Waals surface area contributed by atoms with E-state index in [1.54, 1.807) is 18.9 Å². The summed E-state index contributed by atoms with van der Waals surface area (Å²) in [6.45, 7) is 6.26. The summed E-state index contributed by atoms with van der Waals surface area (Å²) in [5, 5.41) is 0. The number of carbonyl (C=O) groups excluding carboxylic acids is 1. The van der Waals surface area contributed by atoms with Crippen molar-refractivity contribution in [2.75, 3.05) is 45.3 Å². The fraction of sp³-hybridized carbons (Fsp3) is 0.611. The second kappa shape index (κ2) is 8.26. The average molecular weight is 384 g/mol. The number of ether oxygens (including phenoxy) is 1. The van der Waals surface area contributed by atoms with Crippen molar-refractivity contribution in [2.45, 2.75) is 37.6 Å². The summed E-state index contributed by atoms with van der Waals surface area (Å²) in [5.41, 5.74) is 6.19. The number of methoxy groups -OCH3 is 1. The third-order valence-corrected chi connectivity index (χ3v) is 6.80. The molecule has 0 aliphatic carbocycles. The summed E-state index contributed by atoms with van der Waals surface area (Å²) in [5.74, 6) is -0.0638.